The van der Waals surface area contributed by atoms with Gasteiger partial charge in [-0.1, -0.05) is 42.5 Å². The summed E-state index contributed by atoms with van der Waals surface area (Å²) in [5.41, 5.74) is 0.914. The minimum Gasteiger partial charge on any atom is -0.387 e. The summed E-state index contributed by atoms with van der Waals surface area (Å²) in [6.07, 6.45) is 0.204. The summed E-state index contributed by atoms with van der Waals surface area (Å²) in [5.74, 6) is 0. The van der Waals surface area contributed by atoms with Crippen LogP contribution in [-0.2, 0) is 9.47 Å². The van der Waals surface area contributed by atoms with Gasteiger partial charge in [0.2, 0.25) is 0 Å². The molecule has 1 fully saturated rings. The van der Waals surface area contributed by atoms with Crippen molar-refractivity contribution in [3.8, 4) is 0 Å². The third-order valence-corrected chi connectivity index (χ3v) is 3.14. The first kappa shape index (κ1) is 10.9. The highest BCUT2D eigenvalue weighted by Gasteiger charge is 2.44. The Labute approximate surface area is 99.1 Å². The van der Waals surface area contributed by atoms with E-state index in [1.807, 2.05) is 30.3 Å². The Hall–Kier alpha value is -1.20. The highest BCUT2D eigenvalue weighted by Crippen LogP contribution is 2.35. The minimum absolute atomic E-state index is 0.293. The summed E-state index contributed by atoms with van der Waals surface area (Å²) >= 11 is 0. The molecule has 3 rings (SSSR count). The molecule has 1 saturated heterocycles. The van der Waals surface area contributed by atoms with Crippen molar-refractivity contribution in [2.24, 2.45) is 0 Å². The summed E-state index contributed by atoms with van der Waals surface area (Å²) in [6, 6.07) is 9.56. The van der Waals surface area contributed by atoms with E-state index in [2.05, 4.69) is 0 Å². The Morgan fingerprint density at radius 2 is 1.71 bits per heavy atom. The zero-order valence-electron chi connectivity index (χ0n) is 9.14. The summed E-state index contributed by atoms with van der Waals surface area (Å²) in [7, 11) is 0. The van der Waals surface area contributed by atoms with Crippen LogP contribution < -0.4 is 0 Å². The second-order valence-electron chi connectivity index (χ2n) is 4.31. The molecule has 2 N–H and O–H groups in total. The number of benzene rings is 1. The number of ether oxygens (including phenoxy) is 2. The maximum absolute atomic E-state index is 9.81. The van der Waals surface area contributed by atoms with Crippen molar-refractivity contribution in [3.63, 3.8) is 0 Å². The zero-order valence-corrected chi connectivity index (χ0v) is 9.14. The molecule has 0 aromatic heterocycles. The average Bonchev–Trinajstić information content (AvgIpc) is 2.80. The lowest BCUT2D eigenvalue weighted by molar-refractivity contribution is -0.0989. The number of fused-ring (bicyclic) bond motifs is 1. The van der Waals surface area contributed by atoms with Gasteiger partial charge in [0.25, 0.3) is 0 Å². The predicted molar refractivity (Wildman–Crippen MR) is 60.1 cm³/mol. The van der Waals surface area contributed by atoms with E-state index in [4.69, 9.17) is 9.47 Å². The van der Waals surface area contributed by atoms with Crippen LogP contribution in [0.2, 0.25) is 0 Å². The first-order valence-electron chi connectivity index (χ1n) is 5.66. The first-order valence-corrected chi connectivity index (χ1v) is 5.66. The van der Waals surface area contributed by atoms with Crippen molar-refractivity contribution in [3.05, 3.63) is 48.0 Å². The van der Waals surface area contributed by atoms with Crippen LogP contribution >= 0.6 is 0 Å². The lowest BCUT2D eigenvalue weighted by Gasteiger charge is -2.26. The van der Waals surface area contributed by atoms with Gasteiger partial charge in [-0.2, -0.15) is 0 Å². The smallest absolute Gasteiger partial charge is 0.185 e. The average molecular weight is 234 g/mol. The number of rotatable bonds is 1. The molecule has 4 heteroatoms. The minimum atomic E-state index is -0.932. The monoisotopic (exact) mass is 234 g/mol. The van der Waals surface area contributed by atoms with Crippen molar-refractivity contribution in [1.29, 1.82) is 0 Å². The molecule has 1 aliphatic heterocycles. The fourth-order valence-electron chi connectivity index (χ4n) is 2.20. The van der Waals surface area contributed by atoms with Crippen molar-refractivity contribution >= 4 is 0 Å². The standard InChI is InChI=1S/C13H14O4/c14-9-6-7-10-12(11(9)15)17-13(16-10)8-4-2-1-3-5-8/h1-7,9-15H/t9-,10-,11-,12-,13-/m1/s1. The fraction of sp³-hybridized carbons (Fsp3) is 0.385. The van der Waals surface area contributed by atoms with E-state index in [-0.39, 0.29) is 6.10 Å². The largest absolute Gasteiger partial charge is 0.387 e. The Morgan fingerprint density at radius 1 is 0.941 bits per heavy atom. The van der Waals surface area contributed by atoms with Crippen LogP contribution in [0.15, 0.2) is 42.5 Å². The van der Waals surface area contributed by atoms with Gasteiger partial charge < -0.3 is 19.7 Å². The van der Waals surface area contributed by atoms with E-state index in [1.54, 1.807) is 12.2 Å². The van der Waals surface area contributed by atoms with Crippen molar-refractivity contribution < 1.29 is 19.7 Å². The normalized spacial score (nSPS) is 40.2. The maximum atomic E-state index is 9.81. The van der Waals surface area contributed by atoms with Crippen LogP contribution in [0.4, 0.5) is 0 Å². The maximum Gasteiger partial charge on any atom is 0.185 e. The lowest BCUT2D eigenvalue weighted by atomic mass is 9.97. The molecular formula is C13H14O4. The Morgan fingerprint density at radius 3 is 2.47 bits per heavy atom. The van der Waals surface area contributed by atoms with Gasteiger partial charge >= 0.3 is 0 Å². The fourth-order valence-corrected chi connectivity index (χ4v) is 2.20. The van der Waals surface area contributed by atoms with Gasteiger partial charge in [-0.05, 0) is 0 Å². The van der Waals surface area contributed by atoms with Crippen molar-refractivity contribution in [2.75, 3.05) is 0 Å². The summed E-state index contributed by atoms with van der Waals surface area (Å²) in [4.78, 5) is 0. The lowest BCUT2D eigenvalue weighted by Crippen LogP contribution is -2.44. The molecule has 2 aliphatic rings. The van der Waals surface area contributed by atoms with Crippen LogP contribution in [0.25, 0.3) is 0 Å². The molecule has 5 atom stereocenters. The Balaban J connectivity index is 1.81. The summed E-state index contributed by atoms with van der Waals surface area (Å²) < 4.78 is 11.3. The van der Waals surface area contributed by atoms with E-state index in [9.17, 15) is 10.2 Å². The van der Waals surface area contributed by atoms with E-state index >= 15 is 0 Å². The third-order valence-electron chi connectivity index (χ3n) is 3.14. The highest BCUT2D eigenvalue weighted by molar-refractivity contribution is 5.19. The van der Waals surface area contributed by atoms with Gasteiger partial charge in [-0.15, -0.1) is 0 Å². The summed E-state index contributed by atoms with van der Waals surface area (Å²) in [6.45, 7) is 0. The molecule has 17 heavy (non-hydrogen) atoms. The van der Waals surface area contributed by atoms with Crippen LogP contribution in [0.1, 0.15) is 11.9 Å². The quantitative estimate of drug-likeness (QED) is 0.704. The zero-order chi connectivity index (χ0) is 11.8. The SMILES string of the molecule is O[C@H]1[C@@H]2O[C@H](c3ccccc3)O[C@@H]2C=C[C@H]1O. The molecule has 1 heterocycles. The van der Waals surface area contributed by atoms with Crippen molar-refractivity contribution in [2.45, 2.75) is 30.7 Å². The topological polar surface area (TPSA) is 58.9 Å². The van der Waals surface area contributed by atoms with Crippen molar-refractivity contribution in [1.82, 2.24) is 0 Å². The van der Waals surface area contributed by atoms with Crippen LogP contribution in [0, 0.1) is 0 Å². The Bertz CT molecular complexity index is 417. The highest BCUT2D eigenvalue weighted by atomic mass is 16.7. The molecule has 0 bridgehead atoms. The van der Waals surface area contributed by atoms with Gasteiger partial charge in [0.15, 0.2) is 6.29 Å². The van der Waals surface area contributed by atoms with Gasteiger partial charge in [0.05, 0.1) is 0 Å². The third kappa shape index (κ3) is 1.89. The first-order chi connectivity index (χ1) is 8.25. The number of hydrogen-bond donors (Lipinski definition) is 2. The molecule has 0 radical (unpaired) electrons. The molecule has 0 amide bonds. The van der Waals surface area contributed by atoms with Gasteiger partial charge in [0, 0.05) is 5.56 Å². The Kier molecular flexibility index (Phi) is 2.72. The second-order valence-corrected chi connectivity index (χ2v) is 4.31. The molecule has 1 aromatic carbocycles. The van der Waals surface area contributed by atoms with E-state index < -0.39 is 24.6 Å². The summed E-state index contributed by atoms with van der Waals surface area (Å²) in [5, 5.41) is 19.3. The van der Waals surface area contributed by atoms with E-state index in [0.717, 1.165) is 5.56 Å². The molecule has 1 aromatic rings. The van der Waals surface area contributed by atoms with Gasteiger partial charge in [-0.25, -0.2) is 0 Å². The number of hydrogen-bond acceptors (Lipinski definition) is 4. The van der Waals surface area contributed by atoms with Gasteiger partial charge in [-0.3, -0.25) is 0 Å². The molecule has 1 aliphatic carbocycles. The molecule has 0 spiro atoms. The number of aliphatic hydroxyl groups excluding tert-OH is 2. The van der Waals surface area contributed by atoms with Crippen LogP contribution in [-0.4, -0.2) is 34.6 Å². The number of aliphatic hydroxyl groups is 2. The van der Waals surface area contributed by atoms with Gasteiger partial charge in [0.1, 0.15) is 24.4 Å². The van der Waals surface area contributed by atoms with E-state index in [1.165, 1.54) is 0 Å². The molecule has 0 saturated carbocycles. The predicted octanol–water partition coefficient (Wildman–Crippen LogP) is 0.761. The molecule has 0 unspecified atom stereocenters. The molecule has 90 valence electrons. The van der Waals surface area contributed by atoms with E-state index in [0.29, 0.717) is 0 Å². The van der Waals surface area contributed by atoms with Crippen LogP contribution in [0.5, 0.6) is 0 Å². The second kappa shape index (κ2) is 4.23. The molecular weight excluding hydrogens is 220 g/mol. The van der Waals surface area contributed by atoms with Crippen LogP contribution in [0.3, 0.4) is 0 Å². The molecule has 4 nitrogen and oxygen atoms in total.